The number of hydrogen-bond acceptors (Lipinski definition) is 2. The Morgan fingerprint density at radius 1 is 1.33 bits per heavy atom. The molecule has 0 unspecified atom stereocenters. The van der Waals surface area contributed by atoms with Crippen molar-refractivity contribution >= 4 is 5.57 Å². The Morgan fingerprint density at radius 2 is 2.11 bits per heavy atom. The lowest BCUT2D eigenvalue weighted by Crippen LogP contribution is -2.22. The molecule has 1 saturated heterocycles. The summed E-state index contributed by atoms with van der Waals surface area (Å²) >= 11 is 0. The lowest BCUT2D eigenvalue weighted by atomic mass is 10.00. The van der Waals surface area contributed by atoms with Crippen LogP contribution in [-0.2, 0) is 0 Å². The number of rotatable bonds is 3. The lowest BCUT2D eigenvalue weighted by Gasteiger charge is -2.16. The Labute approximate surface area is 108 Å². The van der Waals surface area contributed by atoms with Crippen LogP contribution in [0.4, 0.5) is 0 Å². The van der Waals surface area contributed by atoms with Crippen LogP contribution in [0.25, 0.3) is 5.57 Å². The van der Waals surface area contributed by atoms with E-state index in [2.05, 4.69) is 23.6 Å². The number of benzene rings is 1. The van der Waals surface area contributed by atoms with Gasteiger partial charge in [-0.05, 0) is 29.0 Å². The number of likely N-dealkylation sites (tertiary alicyclic amines) is 1. The van der Waals surface area contributed by atoms with Crippen LogP contribution in [-0.4, -0.2) is 35.7 Å². The monoisotopic (exact) mass is 241 g/mol. The van der Waals surface area contributed by atoms with Gasteiger partial charge in [-0.25, -0.2) is 0 Å². The van der Waals surface area contributed by atoms with E-state index in [1.807, 2.05) is 24.3 Å². The normalized spacial score (nSPS) is 27.6. The topological polar surface area (TPSA) is 23.5 Å². The molecule has 1 fully saturated rings. The second-order valence-corrected chi connectivity index (χ2v) is 5.24. The molecule has 3 rings (SSSR count). The number of nitrogens with zero attached hydrogens (tertiary/aromatic N) is 1. The summed E-state index contributed by atoms with van der Waals surface area (Å²) in [6.07, 6.45) is 2.56. The highest BCUT2D eigenvalue weighted by atomic mass is 16.3. The molecule has 1 aromatic rings. The van der Waals surface area contributed by atoms with Gasteiger partial charge in [0.15, 0.2) is 0 Å². The maximum atomic E-state index is 10.3. The van der Waals surface area contributed by atoms with E-state index < -0.39 is 0 Å². The summed E-state index contributed by atoms with van der Waals surface area (Å²) in [6.45, 7) is 6.79. The second kappa shape index (κ2) is 4.71. The van der Waals surface area contributed by atoms with Crippen LogP contribution in [0.15, 0.2) is 48.6 Å². The molecule has 0 bridgehead atoms. The smallest absolute Gasteiger partial charge is 0.0802 e. The van der Waals surface area contributed by atoms with E-state index >= 15 is 0 Å². The standard InChI is InChI=1S/C16H19NO/c1-2-8-17-10-13-9-15(18)16(14(13)11-17)12-6-4-3-5-7-12/h2-7,13,15,18H,1,8-11H2/t13-,15-/m0/s1. The number of hydrogen-bond donors (Lipinski definition) is 1. The zero-order chi connectivity index (χ0) is 12.5. The average molecular weight is 241 g/mol. The first-order valence-electron chi connectivity index (χ1n) is 6.59. The van der Waals surface area contributed by atoms with Crippen molar-refractivity contribution in [2.75, 3.05) is 19.6 Å². The number of aliphatic hydroxyl groups excluding tert-OH is 1. The van der Waals surface area contributed by atoms with Crippen molar-refractivity contribution in [2.45, 2.75) is 12.5 Å². The minimum Gasteiger partial charge on any atom is -0.388 e. The minimum atomic E-state index is -0.279. The molecule has 2 nitrogen and oxygen atoms in total. The summed E-state index contributed by atoms with van der Waals surface area (Å²) in [5, 5.41) is 10.3. The Kier molecular flexibility index (Phi) is 3.06. The van der Waals surface area contributed by atoms with Crippen molar-refractivity contribution in [1.29, 1.82) is 0 Å². The molecule has 0 spiro atoms. The van der Waals surface area contributed by atoms with E-state index in [0.717, 1.165) is 26.1 Å². The van der Waals surface area contributed by atoms with Gasteiger partial charge in [-0.2, -0.15) is 0 Å². The number of fused-ring (bicyclic) bond motifs is 1. The Morgan fingerprint density at radius 3 is 2.83 bits per heavy atom. The fraction of sp³-hybridized carbons (Fsp3) is 0.375. The van der Waals surface area contributed by atoms with Crippen molar-refractivity contribution in [3.05, 3.63) is 54.1 Å². The molecule has 18 heavy (non-hydrogen) atoms. The van der Waals surface area contributed by atoms with E-state index in [0.29, 0.717) is 5.92 Å². The third-order valence-corrected chi connectivity index (χ3v) is 4.02. The van der Waals surface area contributed by atoms with E-state index in [9.17, 15) is 5.11 Å². The molecule has 0 aromatic heterocycles. The van der Waals surface area contributed by atoms with Crippen molar-refractivity contribution in [1.82, 2.24) is 4.90 Å². The fourth-order valence-electron chi connectivity index (χ4n) is 3.30. The molecule has 94 valence electrons. The summed E-state index contributed by atoms with van der Waals surface area (Å²) < 4.78 is 0. The third-order valence-electron chi connectivity index (χ3n) is 4.02. The number of aliphatic hydroxyl groups is 1. The second-order valence-electron chi connectivity index (χ2n) is 5.24. The predicted octanol–water partition coefficient (Wildman–Crippen LogP) is 2.32. The summed E-state index contributed by atoms with van der Waals surface area (Å²) in [6, 6.07) is 10.3. The highest BCUT2D eigenvalue weighted by molar-refractivity contribution is 5.75. The van der Waals surface area contributed by atoms with Crippen molar-refractivity contribution in [3.8, 4) is 0 Å². The summed E-state index contributed by atoms with van der Waals surface area (Å²) in [4.78, 5) is 2.40. The van der Waals surface area contributed by atoms with Gasteiger partial charge in [0.1, 0.15) is 0 Å². The van der Waals surface area contributed by atoms with Gasteiger partial charge in [-0.3, -0.25) is 4.90 Å². The molecule has 0 radical (unpaired) electrons. The molecule has 1 N–H and O–H groups in total. The summed E-state index contributed by atoms with van der Waals surface area (Å²) in [7, 11) is 0. The average Bonchev–Trinajstić information content (AvgIpc) is 2.86. The van der Waals surface area contributed by atoms with E-state index in [4.69, 9.17) is 0 Å². The first-order valence-corrected chi connectivity index (χ1v) is 6.59. The van der Waals surface area contributed by atoms with Crippen LogP contribution in [0.3, 0.4) is 0 Å². The zero-order valence-electron chi connectivity index (χ0n) is 10.5. The van der Waals surface area contributed by atoms with Gasteiger partial charge < -0.3 is 5.11 Å². The molecule has 1 aliphatic carbocycles. The van der Waals surface area contributed by atoms with E-state index in [-0.39, 0.29) is 6.10 Å². The molecule has 1 aromatic carbocycles. The first kappa shape index (κ1) is 11.7. The minimum absolute atomic E-state index is 0.279. The van der Waals surface area contributed by atoms with Gasteiger partial charge >= 0.3 is 0 Å². The van der Waals surface area contributed by atoms with Gasteiger partial charge in [0, 0.05) is 19.6 Å². The van der Waals surface area contributed by atoms with Gasteiger partial charge in [0.25, 0.3) is 0 Å². The first-order chi connectivity index (χ1) is 8.79. The third kappa shape index (κ3) is 1.92. The van der Waals surface area contributed by atoms with Crippen molar-refractivity contribution in [3.63, 3.8) is 0 Å². The fourth-order valence-corrected chi connectivity index (χ4v) is 3.30. The zero-order valence-corrected chi connectivity index (χ0v) is 10.5. The summed E-state index contributed by atoms with van der Waals surface area (Å²) in [5.41, 5.74) is 3.80. The maximum absolute atomic E-state index is 10.3. The molecule has 2 aliphatic rings. The molecule has 1 heterocycles. The Hall–Kier alpha value is -1.38. The highest BCUT2D eigenvalue weighted by Crippen LogP contribution is 2.42. The molecule has 2 heteroatoms. The van der Waals surface area contributed by atoms with Crippen LogP contribution < -0.4 is 0 Å². The molecular formula is C16H19NO. The van der Waals surface area contributed by atoms with Crippen molar-refractivity contribution < 1.29 is 5.11 Å². The largest absolute Gasteiger partial charge is 0.388 e. The van der Waals surface area contributed by atoms with Crippen LogP contribution in [0.5, 0.6) is 0 Å². The molecule has 0 amide bonds. The highest BCUT2D eigenvalue weighted by Gasteiger charge is 2.38. The van der Waals surface area contributed by atoms with Crippen LogP contribution in [0.1, 0.15) is 12.0 Å². The SMILES string of the molecule is C=CCN1CC2=C(c3ccccc3)[C@@H](O)C[C@H]2C1. The van der Waals surface area contributed by atoms with Crippen molar-refractivity contribution in [2.24, 2.45) is 5.92 Å². The van der Waals surface area contributed by atoms with Gasteiger partial charge in [0.05, 0.1) is 6.10 Å². The molecular weight excluding hydrogens is 222 g/mol. The quantitative estimate of drug-likeness (QED) is 0.821. The Balaban J connectivity index is 1.94. The maximum Gasteiger partial charge on any atom is 0.0802 e. The van der Waals surface area contributed by atoms with Gasteiger partial charge in [-0.1, -0.05) is 36.4 Å². The van der Waals surface area contributed by atoms with Gasteiger partial charge in [-0.15, -0.1) is 6.58 Å². The Bertz CT molecular complexity index is 477. The van der Waals surface area contributed by atoms with E-state index in [1.54, 1.807) is 0 Å². The lowest BCUT2D eigenvalue weighted by molar-refractivity contribution is 0.210. The van der Waals surface area contributed by atoms with Gasteiger partial charge in [0.2, 0.25) is 0 Å². The molecule has 1 aliphatic heterocycles. The summed E-state index contributed by atoms with van der Waals surface area (Å²) in [5.74, 6) is 0.537. The van der Waals surface area contributed by atoms with Crippen LogP contribution >= 0.6 is 0 Å². The molecule has 0 saturated carbocycles. The molecule has 2 atom stereocenters. The van der Waals surface area contributed by atoms with Crippen LogP contribution in [0, 0.1) is 5.92 Å². The van der Waals surface area contributed by atoms with Crippen LogP contribution in [0.2, 0.25) is 0 Å². The van der Waals surface area contributed by atoms with E-state index in [1.165, 1.54) is 16.7 Å². The predicted molar refractivity (Wildman–Crippen MR) is 74.1 cm³/mol.